The number of ether oxygens (including phenoxy) is 3. The third-order valence-electron chi connectivity index (χ3n) is 5.56. The van der Waals surface area contributed by atoms with Crippen molar-refractivity contribution in [3.05, 3.63) is 108 Å². The lowest BCUT2D eigenvalue weighted by Gasteiger charge is -2.13. The summed E-state index contributed by atoms with van der Waals surface area (Å²) in [6.07, 6.45) is 0. The van der Waals surface area contributed by atoms with E-state index >= 15 is 0 Å². The maximum Gasteiger partial charge on any atom is 0.223 e. The molecule has 0 radical (unpaired) electrons. The fraction of sp³-hybridized carbons (Fsp3) is 0.192. The normalized spacial score (nSPS) is 21.5. The Kier molecular flexibility index (Phi) is 5.31. The lowest BCUT2D eigenvalue weighted by atomic mass is 10.1. The zero-order valence-corrected chi connectivity index (χ0v) is 17.3. The largest absolute Gasteiger partial charge is 0.497 e. The molecule has 2 atom stereocenters. The summed E-state index contributed by atoms with van der Waals surface area (Å²) in [5.74, 6) is 2.08. The van der Waals surface area contributed by atoms with Gasteiger partial charge >= 0.3 is 0 Å². The highest BCUT2D eigenvalue weighted by Crippen LogP contribution is 2.33. The summed E-state index contributed by atoms with van der Waals surface area (Å²) in [5.41, 5.74) is 4.12. The quantitative estimate of drug-likeness (QED) is 0.648. The summed E-state index contributed by atoms with van der Waals surface area (Å²) in [7, 11) is 1.66. The molecule has 0 amide bonds. The molecule has 2 heterocycles. The van der Waals surface area contributed by atoms with Crippen molar-refractivity contribution in [1.29, 1.82) is 0 Å². The van der Waals surface area contributed by atoms with Crippen LogP contribution < -0.4 is 10.1 Å². The molecule has 2 aliphatic rings. The highest BCUT2D eigenvalue weighted by Gasteiger charge is 2.31. The van der Waals surface area contributed by atoms with Crippen molar-refractivity contribution in [2.75, 3.05) is 20.3 Å². The van der Waals surface area contributed by atoms with Crippen molar-refractivity contribution < 1.29 is 14.2 Å². The van der Waals surface area contributed by atoms with E-state index in [4.69, 9.17) is 19.2 Å². The van der Waals surface area contributed by atoms with Crippen LogP contribution in [0.5, 0.6) is 5.75 Å². The molecule has 3 aromatic carbocycles. The SMILES string of the molecule is COc1ccc(/C(C2=N[C@H](c3ccccc3)CO2)=C2\N[C@H](c3ccccc3)CO2)cc1. The van der Waals surface area contributed by atoms with Gasteiger partial charge in [-0.25, -0.2) is 4.99 Å². The van der Waals surface area contributed by atoms with E-state index in [0.29, 0.717) is 25.0 Å². The summed E-state index contributed by atoms with van der Waals surface area (Å²) in [6, 6.07) is 28.4. The average molecular weight is 412 g/mol. The van der Waals surface area contributed by atoms with Crippen LogP contribution in [0.1, 0.15) is 28.8 Å². The zero-order chi connectivity index (χ0) is 21.0. The Hall–Kier alpha value is -3.73. The Morgan fingerprint density at radius 2 is 1.52 bits per heavy atom. The fourth-order valence-corrected chi connectivity index (χ4v) is 3.88. The second kappa shape index (κ2) is 8.56. The minimum absolute atomic E-state index is 0.0311. The van der Waals surface area contributed by atoms with Crippen molar-refractivity contribution in [1.82, 2.24) is 5.32 Å². The van der Waals surface area contributed by atoms with Gasteiger partial charge in [0, 0.05) is 0 Å². The molecular formula is C26H24N2O3. The van der Waals surface area contributed by atoms with Gasteiger partial charge in [0.2, 0.25) is 11.8 Å². The molecule has 0 aliphatic carbocycles. The lowest BCUT2D eigenvalue weighted by molar-refractivity contribution is 0.255. The summed E-state index contributed by atoms with van der Waals surface area (Å²) in [6.45, 7) is 1.06. The van der Waals surface area contributed by atoms with Crippen LogP contribution in [0.25, 0.3) is 5.57 Å². The van der Waals surface area contributed by atoms with Crippen molar-refractivity contribution in [3.63, 3.8) is 0 Å². The average Bonchev–Trinajstić information content (AvgIpc) is 3.52. The van der Waals surface area contributed by atoms with E-state index in [0.717, 1.165) is 22.4 Å². The summed E-state index contributed by atoms with van der Waals surface area (Å²) in [4.78, 5) is 4.91. The first kappa shape index (κ1) is 19.2. The van der Waals surface area contributed by atoms with Gasteiger partial charge in [0.05, 0.1) is 13.2 Å². The lowest BCUT2D eigenvalue weighted by Crippen LogP contribution is -2.17. The van der Waals surface area contributed by atoms with Crippen LogP contribution in [-0.2, 0) is 9.47 Å². The number of aliphatic imine (C=N–C) groups is 1. The molecular weight excluding hydrogens is 388 g/mol. The van der Waals surface area contributed by atoms with Crippen LogP contribution in [-0.4, -0.2) is 26.2 Å². The van der Waals surface area contributed by atoms with Crippen LogP contribution >= 0.6 is 0 Å². The molecule has 0 aromatic heterocycles. The Morgan fingerprint density at radius 1 is 0.839 bits per heavy atom. The molecule has 1 fully saturated rings. The zero-order valence-electron chi connectivity index (χ0n) is 17.3. The molecule has 0 unspecified atom stereocenters. The van der Waals surface area contributed by atoms with Gasteiger partial charge < -0.3 is 19.5 Å². The molecule has 3 aromatic rings. The number of nitrogens with zero attached hydrogens (tertiary/aromatic N) is 1. The predicted molar refractivity (Wildman–Crippen MR) is 121 cm³/mol. The third kappa shape index (κ3) is 3.99. The number of rotatable bonds is 5. The second-order valence-electron chi connectivity index (χ2n) is 7.52. The van der Waals surface area contributed by atoms with Gasteiger partial charge in [-0.1, -0.05) is 72.8 Å². The van der Waals surface area contributed by atoms with Gasteiger partial charge in [0.1, 0.15) is 30.6 Å². The summed E-state index contributed by atoms with van der Waals surface area (Å²) >= 11 is 0. The number of benzene rings is 3. The highest BCUT2D eigenvalue weighted by molar-refractivity contribution is 6.20. The minimum Gasteiger partial charge on any atom is -0.497 e. The molecule has 5 rings (SSSR count). The molecule has 1 saturated heterocycles. The molecule has 2 aliphatic heterocycles. The van der Waals surface area contributed by atoms with E-state index < -0.39 is 0 Å². The Morgan fingerprint density at radius 3 is 2.19 bits per heavy atom. The molecule has 0 saturated carbocycles. The van der Waals surface area contributed by atoms with Gasteiger partial charge in [0.15, 0.2) is 0 Å². The van der Waals surface area contributed by atoms with Crippen LogP contribution in [0.15, 0.2) is 95.8 Å². The van der Waals surface area contributed by atoms with Crippen LogP contribution in [0.3, 0.4) is 0 Å². The van der Waals surface area contributed by atoms with Crippen molar-refractivity contribution in [3.8, 4) is 5.75 Å². The number of hydrogen-bond donors (Lipinski definition) is 1. The number of methoxy groups -OCH3 is 1. The first-order valence-electron chi connectivity index (χ1n) is 10.4. The molecule has 5 nitrogen and oxygen atoms in total. The molecule has 5 heteroatoms. The molecule has 31 heavy (non-hydrogen) atoms. The monoisotopic (exact) mass is 412 g/mol. The van der Waals surface area contributed by atoms with Crippen molar-refractivity contribution in [2.45, 2.75) is 12.1 Å². The van der Waals surface area contributed by atoms with Crippen molar-refractivity contribution in [2.24, 2.45) is 4.99 Å². The first-order valence-corrected chi connectivity index (χ1v) is 10.4. The van der Waals surface area contributed by atoms with Gasteiger partial charge in [-0.15, -0.1) is 0 Å². The van der Waals surface area contributed by atoms with E-state index in [1.54, 1.807) is 7.11 Å². The van der Waals surface area contributed by atoms with E-state index in [-0.39, 0.29) is 12.1 Å². The fourth-order valence-electron chi connectivity index (χ4n) is 3.88. The Bertz CT molecular complexity index is 1090. The van der Waals surface area contributed by atoms with E-state index in [2.05, 4.69) is 29.6 Å². The molecule has 156 valence electrons. The van der Waals surface area contributed by atoms with Gasteiger partial charge in [-0.2, -0.15) is 0 Å². The van der Waals surface area contributed by atoms with Crippen LogP contribution in [0, 0.1) is 0 Å². The van der Waals surface area contributed by atoms with Gasteiger partial charge in [-0.3, -0.25) is 0 Å². The molecule has 0 spiro atoms. The maximum atomic E-state index is 6.12. The van der Waals surface area contributed by atoms with Crippen LogP contribution in [0.4, 0.5) is 0 Å². The first-order chi connectivity index (χ1) is 15.3. The smallest absolute Gasteiger partial charge is 0.223 e. The summed E-state index contributed by atoms with van der Waals surface area (Å²) < 4.78 is 17.5. The standard InChI is InChI=1S/C26H24N2O3/c1-29-21-14-12-20(13-15-21)24(25-27-22(16-30-25)18-8-4-2-5-9-18)26-28-23(17-31-26)19-10-6-3-7-11-19/h2-15,22-23,27H,16-17H2,1H3/b25-24-/t22-,23-/m0/s1. The van der Waals surface area contributed by atoms with E-state index in [1.807, 2.05) is 60.7 Å². The summed E-state index contributed by atoms with van der Waals surface area (Å²) in [5, 5.41) is 3.53. The second-order valence-corrected chi connectivity index (χ2v) is 7.52. The Balaban J connectivity index is 1.52. The minimum atomic E-state index is -0.0311. The van der Waals surface area contributed by atoms with E-state index in [1.165, 1.54) is 5.56 Å². The van der Waals surface area contributed by atoms with Gasteiger partial charge in [-0.05, 0) is 28.8 Å². The van der Waals surface area contributed by atoms with Gasteiger partial charge in [0.25, 0.3) is 0 Å². The predicted octanol–water partition coefficient (Wildman–Crippen LogP) is 4.89. The maximum absolute atomic E-state index is 6.12. The Labute approximate surface area is 182 Å². The topological polar surface area (TPSA) is 52.1 Å². The third-order valence-corrected chi connectivity index (χ3v) is 5.56. The highest BCUT2D eigenvalue weighted by atomic mass is 16.5. The van der Waals surface area contributed by atoms with E-state index in [9.17, 15) is 0 Å². The number of hydrogen-bond acceptors (Lipinski definition) is 5. The number of nitrogens with one attached hydrogen (secondary N) is 1. The van der Waals surface area contributed by atoms with Crippen molar-refractivity contribution >= 4 is 11.5 Å². The molecule has 0 bridgehead atoms. The molecule has 1 N–H and O–H groups in total. The van der Waals surface area contributed by atoms with Crippen LogP contribution in [0.2, 0.25) is 0 Å².